The van der Waals surface area contributed by atoms with Crippen LogP contribution in [-0.2, 0) is 0 Å². The third-order valence-electron chi connectivity index (χ3n) is 2.89. The lowest BCUT2D eigenvalue weighted by atomic mass is 10.0. The van der Waals surface area contributed by atoms with Gasteiger partial charge in [0, 0.05) is 28.9 Å². The van der Waals surface area contributed by atoms with E-state index in [1.54, 1.807) is 17.5 Å². The van der Waals surface area contributed by atoms with Crippen LogP contribution < -0.4 is 0 Å². The van der Waals surface area contributed by atoms with Crippen LogP contribution in [0.2, 0.25) is 0 Å². The monoisotopic (exact) mass is 267 g/mol. The van der Waals surface area contributed by atoms with Gasteiger partial charge in [-0.1, -0.05) is 17.7 Å². The van der Waals surface area contributed by atoms with Gasteiger partial charge in [0.05, 0.1) is 17.6 Å². The molecule has 4 heteroatoms. The van der Waals surface area contributed by atoms with Gasteiger partial charge < -0.3 is 0 Å². The van der Waals surface area contributed by atoms with Crippen molar-refractivity contribution in [3.05, 3.63) is 53.4 Å². The molecule has 0 atom stereocenters. The molecule has 19 heavy (non-hydrogen) atoms. The Balaban J connectivity index is 2.19. The Labute approximate surface area is 116 Å². The Morgan fingerprint density at radius 1 is 0.947 bits per heavy atom. The van der Waals surface area contributed by atoms with Gasteiger partial charge in [-0.15, -0.1) is 11.3 Å². The predicted octanol–water partition coefficient (Wildman–Crippen LogP) is 3.88. The molecule has 2 heterocycles. The van der Waals surface area contributed by atoms with E-state index in [4.69, 9.17) is 0 Å². The average molecular weight is 267 g/mol. The molecule has 0 spiro atoms. The minimum atomic E-state index is 0.888. The summed E-state index contributed by atoms with van der Waals surface area (Å²) >= 11 is 1.63. The number of hydrogen-bond acceptors (Lipinski definition) is 4. The van der Waals surface area contributed by atoms with Crippen LogP contribution in [-0.4, -0.2) is 15.0 Å². The molecule has 94 valence electrons. The van der Waals surface area contributed by atoms with Crippen molar-refractivity contribution in [2.24, 2.45) is 0 Å². The molecule has 0 bridgehead atoms. The average Bonchev–Trinajstić information content (AvgIpc) is 2.93. The van der Waals surface area contributed by atoms with Crippen LogP contribution in [0, 0.1) is 13.8 Å². The van der Waals surface area contributed by atoms with Crippen LogP contribution in [0.5, 0.6) is 0 Å². The minimum absolute atomic E-state index is 0.888. The summed E-state index contributed by atoms with van der Waals surface area (Å²) in [5.74, 6) is 0. The Morgan fingerprint density at radius 2 is 1.84 bits per heavy atom. The van der Waals surface area contributed by atoms with E-state index in [1.807, 2.05) is 24.7 Å². The van der Waals surface area contributed by atoms with Crippen molar-refractivity contribution in [3.63, 3.8) is 0 Å². The Bertz CT molecular complexity index is 688. The Hall–Kier alpha value is -2.07. The second-order valence-electron chi connectivity index (χ2n) is 4.43. The first-order valence-corrected chi connectivity index (χ1v) is 6.91. The lowest BCUT2D eigenvalue weighted by Gasteiger charge is -2.08. The minimum Gasteiger partial charge on any atom is -0.258 e. The summed E-state index contributed by atoms with van der Waals surface area (Å²) in [6.45, 7) is 4.02. The molecule has 0 saturated carbocycles. The van der Waals surface area contributed by atoms with Crippen LogP contribution in [0.4, 0.5) is 0 Å². The maximum atomic E-state index is 4.47. The number of thiazole rings is 1. The first-order valence-electron chi connectivity index (χ1n) is 6.03. The highest BCUT2D eigenvalue weighted by molar-refractivity contribution is 7.13. The van der Waals surface area contributed by atoms with Crippen molar-refractivity contribution >= 4 is 11.3 Å². The van der Waals surface area contributed by atoms with Crippen molar-refractivity contribution < 1.29 is 0 Å². The van der Waals surface area contributed by atoms with Gasteiger partial charge in [0.25, 0.3) is 0 Å². The molecule has 0 aliphatic rings. The molecule has 0 saturated heterocycles. The predicted molar refractivity (Wildman–Crippen MR) is 78.1 cm³/mol. The highest BCUT2D eigenvalue weighted by atomic mass is 32.1. The molecule has 0 fully saturated rings. The third-order valence-corrected chi connectivity index (χ3v) is 3.70. The second kappa shape index (κ2) is 4.90. The number of benzene rings is 1. The Morgan fingerprint density at radius 3 is 2.53 bits per heavy atom. The first kappa shape index (κ1) is 12.0. The number of rotatable bonds is 2. The third kappa shape index (κ3) is 2.39. The molecule has 0 aliphatic carbocycles. The smallest absolute Gasteiger partial charge is 0.123 e. The zero-order valence-electron chi connectivity index (χ0n) is 10.8. The van der Waals surface area contributed by atoms with Gasteiger partial charge in [0.1, 0.15) is 5.01 Å². The highest BCUT2D eigenvalue weighted by Gasteiger charge is 2.11. The number of aromatic nitrogens is 3. The van der Waals surface area contributed by atoms with E-state index in [9.17, 15) is 0 Å². The van der Waals surface area contributed by atoms with E-state index in [2.05, 4.69) is 40.1 Å². The molecule has 0 N–H and O–H groups in total. The standard InChI is InChI=1S/C15H13N3S/c1-10-3-4-12(15-16-5-6-19-15)13(7-10)14-9-17-11(2)8-18-14/h3-9H,1-2H3. The Kier molecular flexibility index (Phi) is 3.09. The van der Waals surface area contributed by atoms with Crippen molar-refractivity contribution in [3.8, 4) is 21.8 Å². The molecular weight excluding hydrogens is 254 g/mol. The molecule has 0 radical (unpaired) electrons. The van der Waals surface area contributed by atoms with E-state index in [0.717, 1.165) is 27.5 Å². The molecule has 0 aliphatic heterocycles. The summed E-state index contributed by atoms with van der Waals surface area (Å²) in [6, 6.07) is 6.34. The van der Waals surface area contributed by atoms with E-state index in [0.29, 0.717) is 0 Å². The fourth-order valence-corrected chi connectivity index (χ4v) is 2.62. The van der Waals surface area contributed by atoms with Crippen molar-refractivity contribution in [1.29, 1.82) is 0 Å². The van der Waals surface area contributed by atoms with Crippen molar-refractivity contribution in [2.75, 3.05) is 0 Å². The first-order chi connectivity index (χ1) is 9.24. The van der Waals surface area contributed by atoms with Gasteiger partial charge in [-0.3, -0.25) is 9.97 Å². The molecule has 2 aromatic heterocycles. The molecule has 1 aromatic carbocycles. The van der Waals surface area contributed by atoms with Gasteiger partial charge in [0.2, 0.25) is 0 Å². The van der Waals surface area contributed by atoms with Crippen LogP contribution in [0.15, 0.2) is 42.2 Å². The number of aryl methyl sites for hydroxylation is 2. The van der Waals surface area contributed by atoms with Crippen LogP contribution in [0.3, 0.4) is 0 Å². The van der Waals surface area contributed by atoms with Crippen molar-refractivity contribution in [1.82, 2.24) is 15.0 Å². The highest BCUT2D eigenvalue weighted by Crippen LogP contribution is 2.32. The molecule has 0 amide bonds. The number of nitrogens with zero attached hydrogens (tertiary/aromatic N) is 3. The van der Waals surface area contributed by atoms with Gasteiger partial charge in [0.15, 0.2) is 0 Å². The molecular formula is C15H13N3S. The molecule has 3 nitrogen and oxygen atoms in total. The van der Waals surface area contributed by atoms with E-state index >= 15 is 0 Å². The normalized spacial score (nSPS) is 10.6. The van der Waals surface area contributed by atoms with Crippen molar-refractivity contribution in [2.45, 2.75) is 13.8 Å². The summed E-state index contributed by atoms with van der Waals surface area (Å²) in [4.78, 5) is 13.2. The molecule has 3 aromatic rings. The SMILES string of the molecule is Cc1ccc(-c2nccs2)c(-c2cnc(C)cn2)c1. The fourth-order valence-electron chi connectivity index (χ4n) is 1.94. The number of hydrogen-bond donors (Lipinski definition) is 0. The zero-order valence-corrected chi connectivity index (χ0v) is 11.6. The lowest BCUT2D eigenvalue weighted by molar-refractivity contribution is 1.12. The summed E-state index contributed by atoms with van der Waals surface area (Å²) in [6.07, 6.45) is 5.44. The molecule has 0 unspecified atom stereocenters. The van der Waals surface area contributed by atoms with E-state index in [-0.39, 0.29) is 0 Å². The maximum absolute atomic E-state index is 4.47. The van der Waals surface area contributed by atoms with Gasteiger partial charge in [-0.05, 0) is 19.9 Å². The van der Waals surface area contributed by atoms with Gasteiger partial charge >= 0.3 is 0 Å². The molecule has 3 rings (SSSR count). The quantitative estimate of drug-likeness (QED) is 0.707. The largest absolute Gasteiger partial charge is 0.258 e. The topological polar surface area (TPSA) is 38.7 Å². The van der Waals surface area contributed by atoms with Crippen LogP contribution in [0.1, 0.15) is 11.3 Å². The maximum Gasteiger partial charge on any atom is 0.123 e. The van der Waals surface area contributed by atoms with E-state index < -0.39 is 0 Å². The van der Waals surface area contributed by atoms with Crippen LogP contribution in [0.25, 0.3) is 21.8 Å². The van der Waals surface area contributed by atoms with E-state index in [1.165, 1.54) is 5.56 Å². The second-order valence-corrected chi connectivity index (χ2v) is 5.32. The van der Waals surface area contributed by atoms with Crippen LogP contribution >= 0.6 is 11.3 Å². The van der Waals surface area contributed by atoms with Gasteiger partial charge in [-0.2, -0.15) is 0 Å². The summed E-state index contributed by atoms with van der Waals surface area (Å²) in [7, 11) is 0. The fraction of sp³-hybridized carbons (Fsp3) is 0.133. The summed E-state index contributed by atoms with van der Waals surface area (Å²) in [5.41, 5.74) is 5.21. The summed E-state index contributed by atoms with van der Waals surface area (Å²) in [5, 5.41) is 3.00. The van der Waals surface area contributed by atoms with Gasteiger partial charge in [-0.25, -0.2) is 4.98 Å². The lowest BCUT2D eigenvalue weighted by Crippen LogP contribution is -1.91. The summed E-state index contributed by atoms with van der Waals surface area (Å²) < 4.78 is 0. The zero-order chi connectivity index (χ0) is 13.2.